The molecule has 1 aliphatic rings. The molecule has 4 heteroatoms. The van der Waals surface area contributed by atoms with E-state index < -0.39 is 0 Å². The van der Waals surface area contributed by atoms with Crippen molar-refractivity contribution in [1.82, 2.24) is 0 Å². The fourth-order valence-electron chi connectivity index (χ4n) is 2.87. The lowest BCUT2D eigenvalue weighted by atomic mass is 9.98. The van der Waals surface area contributed by atoms with E-state index in [4.69, 9.17) is 9.47 Å². The third-order valence-corrected chi connectivity index (χ3v) is 5.06. The summed E-state index contributed by atoms with van der Waals surface area (Å²) < 4.78 is 13.1. The van der Waals surface area contributed by atoms with Crippen LogP contribution >= 0.6 is 22.6 Å². The summed E-state index contributed by atoms with van der Waals surface area (Å²) in [5.41, 5.74) is 4.02. The summed E-state index contributed by atoms with van der Waals surface area (Å²) in [6, 6.07) is 18.3. The predicted molar refractivity (Wildman–Crippen MR) is 102 cm³/mol. The van der Waals surface area contributed by atoms with Gasteiger partial charge in [-0.2, -0.15) is 5.26 Å². The molecule has 3 nitrogen and oxygen atoms in total. The molecule has 24 heavy (non-hydrogen) atoms. The minimum Gasteiger partial charge on any atom is -0.353 e. The van der Waals surface area contributed by atoms with Crippen molar-refractivity contribution in [1.29, 1.82) is 5.26 Å². The maximum absolute atomic E-state index is 9.19. The maximum Gasteiger partial charge on any atom is 0.158 e. The highest BCUT2D eigenvalue weighted by Crippen LogP contribution is 2.31. The van der Waals surface area contributed by atoms with Gasteiger partial charge in [-0.1, -0.05) is 59.0 Å². The molecule has 0 radical (unpaired) electrons. The molecule has 124 valence electrons. The highest BCUT2D eigenvalue weighted by molar-refractivity contribution is 14.1. The molecule has 0 aliphatic carbocycles. The van der Waals surface area contributed by atoms with Gasteiger partial charge in [0, 0.05) is 11.0 Å². The van der Waals surface area contributed by atoms with Crippen LogP contribution in [0.1, 0.15) is 47.6 Å². The first-order valence-corrected chi connectivity index (χ1v) is 9.74. The normalized spacial score (nSPS) is 18.8. The Labute approximate surface area is 156 Å². The van der Waals surface area contributed by atoms with E-state index >= 15 is 0 Å². The maximum atomic E-state index is 9.19. The SMILES string of the molecule is N#Cc1cccc(C(O[C@H]2CCCCO2)c2ccc(CI)cc2)c1. The van der Waals surface area contributed by atoms with Gasteiger partial charge in [-0.3, -0.25) is 0 Å². The van der Waals surface area contributed by atoms with E-state index in [2.05, 4.69) is 52.9 Å². The zero-order chi connectivity index (χ0) is 16.8. The number of nitriles is 1. The molecule has 0 N–H and O–H groups in total. The molecule has 0 amide bonds. The fourth-order valence-corrected chi connectivity index (χ4v) is 3.38. The van der Waals surface area contributed by atoms with Crippen molar-refractivity contribution in [2.75, 3.05) is 6.61 Å². The summed E-state index contributed by atoms with van der Waals surface area (Å²) in [4.78, 5) is 0. The number of nitrogens with zero attached hydrogens (tertiary/aromatic N) is 1. The number of alkyl halides is 1. The van der Waals surface area contributed by atoms with E-state index in [0.717, 1.165) is 41.4 Å². The van der Waals surface area contributed by atoms with E-state index in [-0.39, 0.29) is 12.4 Å². The number of ether oxygens (including phenoxy) is 2. The van der Waals surface area contributed by atoms with Crippen molar-refractivity contribution in [2.24, 2.45) is 0 Å². The van der Waals surface area contributed by atoms with Crippen LogP contribution in [-0.4, -0.2) is 12.9 Å². The molecule has 0 aromatic heterocycles. The number of benzene rings is 2. The van der Waals surface area contributed by atoms with Crippen LogP contribution in [0.5, 0.6) is 0 Å². The molecule has 1 fully saturated rings. The lowest BCUT2D eigenvalue weighted by Crippen LogP contribution is -2.25. The largest absolute Gasteiger partial charge is 0.353 e. The summed E-state index contributed by atoms with van der Waals surface area (Å²) in [7, 11) is 0. The summed E-state index contributed by atoms with van der Waals surface area (Å²) >= 11 is 2.36. The summed E-state index contributed by atoms with van der Waals surface area (Å²) in [5, 5.41) is 9.19. The first kappa shape index (κ1) is 17.4. The highest BCUT2D eigenvalue weighted by atomic mass is 127. The molecule has 0 saturated carbocycles. The summed E-state index contributed by atoms with van der Waals surface area (Å²) in [5.74, 6) is 0. The van der Waals surface area contributed by atoms with Crippen LogP contribution in [0.15, 0.2) is 48.5 Å². The number of hydrogen-bond donors (Lipinski definition) is 0. The Morgan fingerprint density at radius 2 is 2.00 bits per heavy atom. The average molecular weight is 433 g/mol. The van der Waals surface area contributed by atoms with Gasteiger partial charge < -0.3 is 9.47 Å². The molecule has 2 aromatic carbocycles. The van der Waals surface area contributed by atoms with Crippen molar-refractivity contribution in [3.63, 3.8) is 0 Å². The quantitative estimate of drug-likeness (QED) is 0.485. The van der Waals surface area contributed by atoms with Crippen molar-refractivity contribution in [3.05, 3.63) is 70.8 Å². The number of rotatable bonds is 5. The van der Waals surface area contributed by atoms with Crippen LogP contribution in [0.2, 0.25) is 0 Å². The van der Waals surface area contributed by atoms with Crippen LogP contribution in [0.3, 0.4) is 0 Å². The van der Waals surface area contributed by atoms with Crippen LogP contribution in [0.4, 0.5) is 0 Å². The summed E-state index contributed by atoms with van der Waals surface area (Å²) in [6.45, 7) is 0.753. The molecule has 1 unspecified atom stereocenters. The van der Waals surface area contributed by atoms with Gasteiger partial charge in [0.15, 0.2) is 6.29 Å². The second kappa shape index (κ2) is 8.61. The van der Waals surface area contributed by atoms with Crippen LogP contribution in [0.25, 0.3) is 0 Å². The van der Waals surface area contributed by atoms with Crippen molar-refractivity contribution < 1.29 is 9.47 Å². The Morgan fingerprint density at radius 3 is 2.67 bits per heavy atom. The van der Waals surface area contributed by atoms with Crippen molar-refractivity contribution in [3.8, 4) is 6.07 Å². The van der Waals surface area contributed by atoms with Crippen LogP contribution in [-0.2, 0) is 13.9 Å². The van der Waals surface area contributed by atoms with E-state index in [0.29, 0.717) is 5.56 Å². The van der Waals surface area contributed by atoms with Gasteiger partial charge in [0.1, 0.15) is 6.10 Å². The monoisotopic (exact) mass is 433 g/mol. The Balaban J connectivity index is 1.90. The number of hydrogen-bond acceptors (Lipinski definition) is 3. The Morgan fingerprint density at radius 1 is 1.17 bits per heavy atom. The topological polar surface area (TPSA) is 42.2 Å². The molecule has 1 aliphatic heterocycles. The van der Waals surface area contributed by atoms with Gasteiger partial charge in [-0.25, -0.2) is 0 Å². The van der Waals surface area contributed by atoms with E-state index in [1.54, 1.807) is 0 Å². The van der Waals surface area contributed by atoms with Gasteiger partial charge in [-0.05, 0) is 48.1 Å². The predicted octanol–water partition coefficient (Wildman–Crippen LogP) is 5.13. The number of halogens is 1. The summed E-state index contributed by atoms with van der Waals surface area (Å²) in [6.07, 6.45) is 2.74. The lowest BCUT2D eigenvalue weighted by Gasteiger charge is -2.28. The minimum atomic E-state index is -0.218. The van der Waals surface area contributed by atoms with Crippen molar-refractivity contribution >= 4 is 22.6 Å². The molecular formula is C20H20INO2. The van der Waals surface area contributed by atoms with Gasteiger partial charge >= 0.3 is 0 Å². The zero-order valence-electron chi connectivity index (χ0n) is 13.5. The lowest BCUT2D eigenvalue weighted by molar-refractivity contribution is -0.181. The first-order valence-electron chi connectivity index (χ1n) is 8.22. The van der Waals surface area contributed by atoms with Gasteiger partial charge in [0.25, 0.3) is 0 Å². The standard InChI is InChI=1S/C20H20INO2/c21-13-15-7-9-17(10-8-15)20(24-19-6-1-2-11-23-19)18-5-3-4-16(12-18)14-22/h3-5,7-10,12,19-20H,1-2,6,11,13H2/t19-,20?/m0/s1. The van der Waals surface area contributed by atoms with E-state index in [1.807, 2.05) is 24.3 Å². The third-order valence-electron chi connectivity index (χ3n) is 4.18. The molecule has 1 heterocycles. The Bertz CT molecular complexity index is 702. The van der Waals surface area contributed by atoms with E-state index in [1.165, 1.54) is 5.56 Å². The smallest absolute Gasteiger partial charge is 0.158 e. The van der Waals surface area contributed by atoms with Gasteiger partial charge in [0.05, 0.1) is 11.6 Å². The molecule has 2 atom stereocenters. The fraction of sp³-hybridized carbons (Fsp3) is 0.350. The second-order valence-electron chi connectivity index (χ2n) is 5.92. The van der Waals surface area contributed by atoms with Crippen LogP contribution in [0, 0.1) is 11.3 Å². The first-order chi connectivity index (χ1) is 11.8. The molecule has 0 spiro atoms. The van der Waals surface area contributed by atoms with E-state index in [9.17, 15) is 5.26 Å². The Hall–Kier alpha value is -1.42. The zero-order valence-corrected chi connectivity index (χ0v) is 15.6. The van der Waals surface area contributed by atoms with Crippen molar-refractivity contribution in [2.45, 2.75) is 36.1 Å². The van der Waals surface area contributed by atoms with Gasteiger partial charge in [-0.15, -0.1) is 0 Å². The molecular weight excluding hydrogens is 413 g/mol. The Kier molecular flexibility index (Phi) is 6.24. The third kappa shape index (κ3) is 4.35. The van der Waals surface area contributed by atoms with Gasteiger partial charge in [0.2, 0.25) is 0 Å². The molecule has 3 rings (SSSR count). The highest BCUT2D eigenvalue weighted by Gasteiger charge is 2.23. The molecule has 1 saturated heterocycles. The minimum absolute atomic E-state index is 0.182. The second-order valence-corrected chi connectivity index (χ2v) is 6.69. The average Bonchev–Trinajstić information content (AvgIpc) is 2.67. The van der Waals surface area contributed by atoms with Crippen LogP contribution < -0.4 is 0 Å². The molecule has 0 bridgehead atoms. The molecule has 2 aromatic rings.